The average molecular weight is 579 g/mol. The van der Waals surface area contributed by atoms with Crippen LogP contribution in [0, 0.1) is 0 Å². The maximum absolute atomic E-state index is 5.92. The molecule has 202 valence electrons. The van der Waals surface area contributed by atoms with E-state index >= 15 is 0 Å². The molecule has 5 aromatic carbocycles. The van der Waals surface area contributed by atoms with Gasteiger partial charge in [-0.2, -0.15) is 0 Å². The summed E-state index contributed by atoms with van der Waals surface area (Å²) in [6.07, 6.45) is 0. The van der Waals surface area contributed by atoms with Crippen LogP contribution in [0.4, 0.5) is 0 Å². The highest BCUT2D eigenvalue weighted by atomic mass is 31.1. The zero-order chi connectivity index (χ0) is 28.1. The van der Waals surface area contributed by atoms with Crippen molar-refractivity contribution in [1.29, 1.82) is 0 Å². The van der Waals surface area contributed by atoms with E-state index in [1.165, 1.54) is 36.9 Å². The van der Waals surface area contributed by atoms with Crippen molar-refractivity contribution in [1.82, 2.24) is 0 Å². The summed E-state index contributed by atoms with van der Waals surface area (Å²) in [4.78, 5) is 0. The van der Waals surface area contributed by atoms with Gasteiger partial charge in [-0.25, -0.2) is 0 Å². The quantitative estimate of drug-likeness (QED) is 0.174. The molecule has 0 aliphatic heterocycles. The summed E-state index contributed by atoms with van der Waals surface area (Å²) >= 11 is 0. The first-order chi connectivity index (χ1) is 19.5. The van der Waals surface area contributed by atoms with E-state index in [2.05, 4.69) is 147 Å². The second kappa shape index (κ2) is 12.5. The lowest BCUT2D eigenvalue weighted by Gasteiger charge is -2.33. The topological polar surface area (TPSA) is 18.5 Å². The zero-order valence-corrected chi connectivity index (χ0v) is 26.6. The van der Waals surface area contributed by atoms with Crippen LogP contribution >= 0.6 is 15.8 Å². The van der Waals surface area contributed by atoms with Crippen molar-refractivity contribution in [2.24, 2.45) is 0 Å². The van der Waals surface area contributed by atoms with Gasteiger partial charge in [0, 0.05) is 10.6 Å². The highest BCUT2D eigenvalue weighted by Gasteiger charge is 2.35. The summed E-state index contributed by atoms with van der Waals surface area (Å²) in [6, 6.07) is 46.2. The smallest absolute Gasteiger partial charge is 0.127 e. The third-order valence-electron chi connectivity index (χ3n) is 7.54. The molecule has 0 N–H and O–H groups in total. The van der Waals surface area contributed by atoms with E-state index in [-0.39, 0.29) is 0 Å². The molecule has 5 aromatic rings. The molecule has 0 bridgehead atoms. The second-order valence-electron chi connectivity index (χ2n) is 10.2. The van der Waals surface area contributed by atoms with Gasteiger partial charge in [0.25, 0.3) is 0 Å². The van der Waals surface area contributed by atoms with Crippen molar-refractivity contribution in [3.05, 3.63) is 127 Å². The number of ether oxygens (including phenoxy) is 2. The van der Waals surface area contributed by atoms with E-state index in [0.29, 0.717) is 0 Å². The summed E-state index contributed by atoms with van der Waals surface area (Å²) in [5.41, 5.74) is 0. The summed E-state index contributed by atoms with van der Waals surface area (Å²) in [5.74, 6) is 1.91. The molecule has 0 radical (unpaired) electrons. The van der Waals surface area contributed by atoms with Crippen molar-refractivity contribution in [3.8, 4) is 11.5 Å². The molecular formula is C35H36O2P2Si. The van der Waals surface area contributed by atoms with Crippen LogP contribution in [-0.2, 0) is 0 Å². The maximum Gasteiger partial charge on any atom is 0.127 e. The Morgan fingerprint density at radius 1 is 0.475 bits per heavy atom. The van der Waals surface area contributed by atoms with Crippen molar-refractivity contribution >= 4 is 60.8 Å². The number of para-hydroxylation sites is 2. The normalized spacial score (nSPS) is 12.9. The van der Waals surface area contributed by atoms with Crippen molar-refractivity contribution in [2.75, 3.05) is 20.9 Å². The monoisotopic (exact) mass is 578 g/mol. The first kappa shape index (κ1) is 28.3. The lowest BCUT2D eigenvalue weighted by Crippen LogP contribution is -2.61. The molecule has 0 aromatic heterocycles. The predicted octanol–water partition coefficient (Wildman–Crippen LogP) is 5.35. The molecule has 0 heterocycles. The van der Waals surface area contributed by atoms with Gasteiger partial charge >= 0.3 is 0 Å². The van der Waals surface area contributed by atoms with Crippen LogP contribution < -0.4 is 46.4 Å². The average Bonchev–Trinajstić information content (AvgIpc) is 3.02. The summed E-state index contributed by atoms with van der Waals surface area (Å²) in [5, 5.41) is 9.69. The van der Waals surface area contributed by atoms with Gasteiger partial charge in [0.05, 0.1) is 14.2 Å². The Morgan fingerprint density at radius 3 is 1.50 bits per heavy atom. The van der Waals surface area contributed by atoms with Gasteiger partial charge in [0.15, 0.2) is 0 Å². The Morgan fingerprint density at radius 2 is 0.900 bits per heavy atom. The minimum Gasteiger partial charge on any atom is -0.496 e. The zero-order valence-electron chi connectivity index (χ0n) is 23.8. The Bertz CT molecular complexity index is 1590. The molecule has 5 heteroatoms. The molecule has 0 spiro atoms. The Kier molecular flexibility index (Phi) is 8.86. The minimum absolute atomic E-state index is 0.598. The molecule has 2 unspecified atom stereocenters. The Labute approximate surface area is 242 Å². The largest absolute Gasteiger partial charge is 0.496 e. The van der Waals surface area contributed by atoms with Gasteiger partial charge < -0.3 is 9.47 Å². The highest BCUT2D eigenvalue weighted by Crippen LogP contribution is 2.37. The molecule has 0 aliphatic carbocycles. The lowest BCUT2D eigenvalue weighted by atomic mass is 10.3. The third-order valence-corrected chi connectivity index (χ3v) is 16.3. The fourth-order valence-electron chi connectivity index (χ4n) is 5.47. The Hall–Kier alpha value is -3.22. The molecule has 0 amide bonds. The van der Waals surface area contributed by atoms with Gasteiger partial charge in [0.2, 0.25) is 0 Å². The third kappa shape index (κ3) is 5.52. The minimum atomic E-state index is -2.17. The SMILES string of the molecule is COc1ccccc1P(C)c1ccccc1[Si](C)(C)c1ccccc1P(c1ccccc1)c1ccccc1OC. The number of benzene rings is 5. The van der Waals surface area contributed by atoms with Crippen LogP contribution in [0.25, 0.3) is 0 Å². The van der Waals surface area contributed by atoms with Gasteiger partial charge in [0.1, 0.15) is 19.6 Å². The van der Waals surface area contributed by atoms with E-state index in [1.807, 2.05) is 0 Å². The molecule has 5 rings (SSSR count). The fourth-order valence-corrected chi connectivity index (χ4v) is 15.0. The molecule has 2 nitrogen and oxygen atoms in total. The van der Waals surface area contributed by atoms with Gasteiger partial charge in [-0.15, -0.1) is 0 Å². The van der Waals surface area contributed by atoms with E-state index in [1.54, 1.807) is 14.2 Å². The summed E-state index contributed by atoms with van der Waals surface area (Å²) in [6.45, 7) is 7.39. The molecule has 0 saturated heterocycles. The molecule has 40 heavy (non-hydrogen) atoms. The van der Waals surface area contributed by atoms with Crippen LogP contribution in [0.3, 0.4) is 0 Å². The maximum atomic E-state index is 5.92. The van der Waals surface area contributed by atoms with Crippen LogP contribution in [-0.4, -0.2) is 29.0 Å². The lowest BCUT2D eigenvalue weighted by molar-refractivity contribution is 0.418. The predicted molar refractivity (Wildman–Crippen MR) is 180 cm³/mol. The van der Waals surface area contributed by atoms with Crippen LogP contribution in [0.5, 0.6) is 11.5 Å². The molecule has 0 aliphatic rings. The first-order valence-electron chi connectivity index (χ1n) is 13.5. The molecule has 2 atom stereocenters. The van der Waals surface area contributed by atoms with Gasteiger partial charge in [-0.1, -0.05) is 128 Å². The van der Waals surface area contributed by atoms with E-state index in [9.17, 15) is 0 Å². The van der Waals surface area contributed by atoms with Gasteiger partial charge in [-0.05, 0) is 60.9 Å². The summed E-state index contributed by atoms with van der Waals surface area (Å²) < 4.78 is 11.7. The number of rotatable bonds is 9. The van der Waals surface area contributed by atoms with Crippen molar-refractivity contribution < 1.29 is 9.47 Å². The van der Waals surface area contributed by atoms with Crippen molar-refractivity contribution in [3.63, 3.8) is 0 Å². The van der Waals surface area contributed by atoms with Crippen LogP contribution in [0.15, 0.2) is 127 Å². The van der Waals surface area contributed by atoms with Gasteiger partial charge in [-0.3, -0.25) is 0 Å². The first-order valence-corrected chi connectivity index (χ1v) is 19.6. The van der Waals surface area contributed by atoms with Crippen LogP contribution in [0.2, 0.25) is 13.1 Å². The van der Waals surface area contributed by atoms with Crippen LogP contribution in [0.1, 0.15) is 0 Å². The fraction of sp³-hybridized carbons (Fsp3) is 0.143. The van der Waals surface area contributed by atoms with E-state index < -0.39 is 23.9 Å². The highest BCUT2D eigenvalue weighted by molar-refractivity contribution is 7.80. The Balaban J connectivity index is 1.70. The van der Waals surface area contributed by atoms with Crippen molar-refractivity contribution in [2.45, 2.75) is 13.1 Å². The van der Waals surface area contributed by atoms with E-state index in [0.717, 1.165) is 11.5 Å². The van der Waals surface area contributed by atoms with E-state index in [4.69, 9.17) is 9.47 Å². The second-order valence-corrected chi connectivity index (χ2v) is 18.8. The molecule has 0 saturated carbocycles. The number of methoxy groups -OCH3 is 2. The molecule has 0 fully saturated rings. The standard InChI is InChI=1S/C35H36O2P2Si/c1-36-28-19-9-11-21-30(28)38(3)32-23-13-15-25-34(32)40(4,5)35-26-16-14-24-33(35)39(27-17-7-6-8-18-27)31-22-12-10-20-29(31)37-2/h6-26H,1-5H3. The number of hydrogen-bond donors (Lipinski definition) is 0. The summed E-state index contributed by atoms with van der Waals surface area (Å²) in [7, 11) is -0.0533. The number of hydrogen-bond acceptors (Lipinski definition) is 2. The molecular weight excluding hydrogens is 542 g/mol.